The quantitative estimate of drug-likeness (QED) is 0.298. The smallest absolute Gasteiger partial charge is 0.338 e. The van der Waals surface area contributed by atoms with E-state index in [2.05, 4.69) is 20.9 Å². The molecule has 0 aromatic heterocycles. The van der Waals surface area contributed by atoms with Crippen molar-refractivity contribution in [3.05, 3.63) is 75.1 Å². The molecule has 0 aliphatic rings. The molecule has 0 unspecified atom stereocenters. The van der Waals surface area contributed by atoms with Crippen LogP contribution < -0.4 is 16.2 Å². The Morgan fingerprint density at radius 3 is 2.39 bits per heavy atom. The summed E-state index contributed by atoms with van der Waals surface area (Å²) in [6, 6.07) is 8.92. The van der Waals surface area contributed by atoms with E-state index in [9.17, 15) is 24.1 Å². The maximum Gasteiger partial charge on any atom is 0.338 e. The average molecular weight is 406 g/mol. The van der Waals surface area contributed by atoms with E-state index in [1.165, 1.54) is 12.1 Å². The number of halogens is 1. The number of ether oxygens (including phenoxy) is 1. The molecule has 0 atom stereocenters. The highest BCUT2D eigenvalue weighted by Crippen LogP contribution is 2.18. The third-order valence-electron chi connectivity index (χ3n) is 3.47. The minimum atomic E-state index is -0.817. The predicted molar refractivity (Wildman–Crippen MR) is 101 cm³/mol. The highest BCUT2D eigenvalue weighted by molar-refractivity contribution is 7.80. The van der Waals surface area contributed by atoms with Gasteiger partial charge in [0.2, 0.25) is 0 Å². The van der Waals surface area contributed by atoms with Gasteiger partial charge >= 0.3 is 5.97 Å². The molecule has 0 aliphatic heterocycles. The van der Waals surface area contributed by atoms with Gasteiger partial charge in [0.25, 0.3) is 11.6 Å². The van der Waals surface area contributed by atoms with Gasteiger partial charge in [-0.25, -0.2) is 9.18 Å². The zero-order valence-corrected chi connectivity index (χ0v) is 15.3. The number of thiocarbonyl (C=S) groups is 1. The fraction of sp³-hybridized carbons (Fsp3) is 0.118. The summed E-state index contributed by atoms with van der Waals surface area (Å²) < 4.78 is 17.4. The summed E-state index contributed by atoms with van der Waals surface area (Å²) in [7, 11) is 1.12. The number of nitro groups is 1. The van der Waals surface area contributed by atoms with Gasteiger partial charge in [-0.3, -0.25) is 25.8 Å². The van der Waals surface area contributed by atoms with Crippen LogP contribution in [0, 0.1) is 15.9 Å². The topological polar surface area (TPSA) is 123 Å². The van der Waals surface area contributed by atoms with E-state index in [0.717, 1.165) is 30.9 Å². The molecule has 146 valence electrons. The Balaban J connectivity index is 1.98. The molecular formula is C17H15FN4O5S. The minimum Gasteiger partial charge on any atom is -0.465 e. The Morgan fingerprint density at radius 1 is 1.14 bits per heavy atom. The third-order valence-corrected chi connectivity index (χ3v) is 3.71. The van der Waals surface area contributed by atoms with E-state index in [0.29, 0.717) is 0 Å². The number of hydrogen-bond donors (Lipinski definition) is 3. The van der Waals surface area contributed by atoms with E-state index in [1.54, 1.807) is 12.1 Å². The van der Waals surface area contributed by atoms with Crippen LogP contribution in [-0.4, -0.2) is 29.0 Å². The van der Waals surface area contributed by atoms with Crippen LogP contribution in [0.4, 0.5) is 10.1 Å². The fourth-order valence-electron chi connectivity index (χ4n) is 2.10. The van der Waals surface area contributed by atoms with Crippen LogP contribution in [0.1, 0.15) is 26.3 Å². The van der Waals surface area contributed by atoms with Gasteiger partial charge in [0, 0.05) is 24.2 Å². The fourth-order valence-corrected chi connectivity index (χ4v) is 2.22. The maximum absolute atomic E-state index is 12.9. The molecule has 0 radical (unpaired) electrons. The Labute approximate surface area is 164 Å². The molecule has 0 saturated heterocycles. The van der Waals surface area contributed by atoms with Crippen molar-refractivity contribution in [2.45, 2.75) is 6.54 Å². The van der Waals surface area contributed by atoms with Crippen molar-refractivity contribution in [3.8, 4) is 0 Å². The highest BCUT2D eigenvalue weighted by atomic mass is 32.1. The van der Waals surface area contributed by atoms with Crippen LogP contribution in [0.25, 0.3) is 0 Å². The van der Waals surface area contributed by atoms with Crippen molar-refractivity contribution in [3.63, 3.8) is 0 Å². The summed E-state index contributed by atoms with van der Waals surface area (Å²) in [5, 5.41) is 13.9. The number of nitrogens with zero attached hydrogens (tertiary/aromatic N) is 1. The Bertz CT molecular complexity index is 920. The zero-order valence-electron chi connectivity index (χ0n) is 14.5. The first-order valence-electron chi connectivity index (χ1n) is 7.76. The average Bonchev–Trinajstić information content (AvgIpc) is 2.70. The number of hydrazine groups is 1. The van der Waals surface area contributed by atoms with Crippen LogP contribution >= 0.6 is 12.2 Å². The molecule has 2 aromatic rings. The molecule has 2 rings (SSSR count). The molecule has 28 heavy (non-hydrogen) atoms. The summed E-state index contributed by atoms with van der Waals surface area (Å²) in [6.07, 6.45) is 0. The summed E-state index contributed by atoms with van der Waals surface area (Å²) in [5.74, 6) is -1.93. The zero-order chi connectivity index (χ0) is 20.7. The normalized spacial score (nSPS) is 9.93. The third kappa shape index (κ3) is 5.71. The molecule has 0 fully saturated rings. The number of methoxy groups -OCH3 is 1. The summed E-state index contributed by atoms with van der Waals surface area (Å²) in [6.45, 7) is 0.283. The van der Waals surface area contributed by atoms with Crippen molar-refractivity contribution in [2.75, 3.05) is 7.11 Å². The van der Waals surface area contributed by atoms with Gasteiger partial charge in [-0.1, -0.05) is 12.1 Å². The minimum absolute atomic E-state index is 0.0660. The maximum atomic E-state index is 12.9. The van der Waals surface area contributed by atoms with Gasteiger partial charge in [-0.05, 0) is 36.0 Å². The van der Waals surface area contributed by atoms with Gasteiger partial charge in [0.15, 0.2) is 5.11 Å². The van der Waals surface area contributed by atoms with Gasteiger partial charge in [0.05, 0.1) is 17.6 Å². The second-order valence-corrected chi connectivity index (χ2v) is 5.81. The summed E-state index contributed by atoms with van der Waals surface area (Å²) in [5.41, 5.74) is 4.75. The van der Waals surface area contributed by atoms with Crippen LogP contribution in [-0.2, 0) is 11.3 Å². The number of carbonyl (C=O) groups excluding carboxylic acids is 2. The van der Waals surface area contributed by atoms with E-state index in [1.807, 2.05) is 0 Å². The van der Waals surface area contributed by atoms with Gasteiger partial charge in [-0.15, -0.1) is 0 Å². The molecule has 0 heterocycles. The van der Waals surface area contributed by atoms with E-state index >= 15 is 0 Å². The second-order valence-electron chi connectivity index (χ2n) is 5.41. The lowest BCUT2D eigenvalue weighted by atomic mass is 10.1. The van der Waals surface area contributed by atoms with Crippen molar-refractivity contribution >= 4 is 34.9 Å². The first-order valence-corrected chi connectivity index (χ1v) is 8.17. The molecule has 2 aromatic carbocycles. The monoisotopic (exact) mass is 406 g/mol. The molecule has 3 N–H and O–H groups in total. The molecule has 0 bridgehead atoms. The van der Waals surface area contributed by atoms with Crippen LogP contribution in [0.2, 0.25) is 0 Å². The standard InChI is InChI=1S/C17H15FN4O5S/c1-27-16(24)12-6-11(7-14(8-12)22(25)26)15(23)20-21-17(28)19-9-10-2-4-13(18)5-3-10/h2-8H,9H2,1H3,(H,20,23)(H2,19,21,28). The van der Waals surface area contributed by atoms with E-state index in [4.69, 9.17) is 12.2 Å². The number of amides is 1. The number of nitrogens with one attached hydrogen (secondary N) is 3. The molecule has 11 heteroatoms. The largest absolute Gasteiger partial charge is 0.465 e. The first kappa shape index (κ1) is 20.7. The SMILES string of the molecule is COC(=O)c1cc(C(=O)NNC(=S)NCc2ccc(F)cc2)cc([N+](=O)[O-])c1. The van der Waals surface area contributed by atoms with Crippen molar-refractivity contribution < 1.29 is 23.6 Å². The highest BCUT2D eigenvalue weighted by Gasteiger charge is 2.18. The molecule has 0 spiro atoms. The molecule has 0 aliphatic carbocycles. The van der Waals surface area contributed by atoms with Gasteiger partial charge in [0.1, 0.15) is 5.82 Å². The number of rotatable bonds is 5. The van der Waals surface area contributed by atoms with Gasteiger partial charge in [-0.2, -0.15) is 0 Å². The van der Waals surface area contributed by atoms with Gasteiger partial charge < -0.3 is 10.1 Å². The Morgan fingerprint density at radius 2 is 1.79 bits per heavy atom. The summed E-state index contributed by atoms with van der Waals surface area (Å²) >= 11 is 5.01. The Kier molecular flexibility index (Phi) is 6.93. The van der Waals surface area contributed by atoms with Crippen LogP contribution in [0.5, 0.6) is 0 Å². The van der Waals surface area contributed by atoms with Crippen LogP contribution in [0.3, 0.4) is 0 Å². The lowest BCUT2D eigenvalue weighted by Gasteiger charge is -2.12. The van der Waals surface area contributed by atoms with Crippen molar-refractivity contribution in [1.82, 2.24) is 16.2 Å². The number of benzene rings is 2. The van der Waals surface area contributed by atoms with Crippen molar-refractivity contribution in [1.29, 1.82) is 0 Å². The number of nitro benzene ring substituents is 1. The Hall–Kier alpha value is -3.60. The van der Waals surface area contributed by atoms with E-state index < -0.39 is 22.5 Å². The van der Waals surface area contributed by atoms with Crippen molar-refractivity contribution in [2.24, 2.45) is 0 Å². The molecule has 9 nitrogen and oxygen atoms in total. The molecule has 1 amide bonds. The number of hydrogen-bond acceptors (Lipinski definition) is 6. The summed E-state index contributed by atoms with van der Waals surface area (Å²) in [4.78, 5) is 34.1. The van der Waals surface area contributed by atoms with E-state index in [-0.39, 0.29) is 28.6 Å². The first-order chi connectivity index (χ1) is 13.3. The predicted octanol–water partition coefficient (Wildman–Crippen LogP) is 1.83. The number of carbonyl (C=O) groups is 2. The lowest BCUT2D eigenvalue weighted by Crippen LogP contribution is -2.46. The lowest BCUT2D eigenvalue weighted by molar-refractivity contribution is -0.384. The molecule has 0 saturated carbocycles. The van der Waals surface area contributed by atoms with Crippen LogP contribution in [0.15, 0.2) is 42.5 Å². The number of non-ortho nitro benzene ring substituents is 1. The number of esters is 1. The second kappa shape index (κ2) is 9.37. The molecular weight excluding hydrogens is 391 g/mol.